The molecule has 0 aliphatic carbocycles. The van der Waals surface area contributed by atoms with Crippen LogP contribution in [0.15, 0.2) is 84.9 Å². The zero-order valence-corrected chi connectivity index (χ0v) is 16.4. The fourth-order valence-electron chi connectivity index (χ4n) is 4.47. The summed E-state index contributed by atoms with van der Waals surface area (Å²) in [5.41, 5.74) is 0. The molecule has 0 N–H and O–H groups in total. The van der Waals surface area contributed by atoms with Crippen LogP contribution >= 0.6 is 23.2 Å². The topological polar surface area (TPSA) is 0 Å². The molecule has 6 aromatic rings. The Hall–Kier alpha value is -2.80. The molecule has 0 unspecified atom stereocenters. The van der Waals surface area contributed by atoms with Crippen molar-refractivity contribution in [2.45, 2.75) is 0 Å². The van der Waals surface area contributed by atoms with Crippen LogP contribution in [0.1, 0.15) is 0 Å². The van der Waals surface area contributed by atoms with Crippen LogP contribution in [-0.4, -0.2) is 0 Å². The van der Waals surface area contributed by atoms with Crippen LogP contribution in [0.3, 0.4) is 0 Å². The second kappa shape index (κ2) is 5.85. The quantitative estimate of drug-likeness (QED) is 0.225. The van der Waals surface area contributed by atoms with Crippen molar-refractivity contribution in [3.8, 4) is 0 Å². The first-order valence-corrected chi connectivity index (χ1v) is 10.0. The van der Waals surface area contributed by atoms with Gasteiger partial charge in [0.2, 0.25) is 0 Å². The van der Waals surface area contributed by atoms with Crippen LogP contribution in [0.4, 0.5) is 0 Å². The number of rotatable bonds is 0. The number of hydrogen-bond donors (Lipinski definition) is 0. The number of hydrogen-bond acceptors (Lipinski definition) is 0. The van der Waals surface area contributed by atoms with Crippen LogP contribution in [-0.2, 0) is 0 Å². The van der Waals surface area contributed by atoms with Crippen molar-refractivity contribution in [2.24, 2.45) is 0 Å². The van der Waals surface area contributed by atoms with E-state index in [9.17, 15) is 0 Å². The van der Waals surface area contributed by atoms with Gasteiger partial charge in [-0.2, -0.15) is 0 Å². The molecule has 0 fully saturated rings. The van der Waals surface area contributed by atoms with Gasteiger partial charge in [0.15, 0.2) is 0 Å². The van der Waals surface area contributed by atoms with Crippen molar-refractivity contribution in [1.29, 1.82) is 0 Å². The van der Waals surface area contributed by atoms with E-state index in [1.807, 2.05) is 24.3 Å². The minimum absolute atomic E-state index is 0.761. The summed E-state index contributed by atoms with van der Waals surface area (Å²) >= 11 is 12.5. The smallest absolute Gasteiger partial charge is 0.0412 e. The van der Waals surface area contributed by atoms with Gasteiger partial charge in [-0.1, -0.05) is 83.9 Å². The maximum Gasteiger partial charge on any atom is 0.0412 e. The van der Waals surface area contributed by atoms with E-state index in [0.29, 0.717) is 0 Å². The summed E-state index contributed by atoms with van der Waals surface area (Å²) < 4.78 is 0. The largest absolute Gasteiger partial charge is 0.0843 e. The van der Waals surface area contributed by atoms with Crippen molar-refractivity contribution < 1.29 is 0 Å². The molecule has 0 nitrogen and oxygen atoms in total. The Morgan fingerprint density at radius 3 is 1.14 bits per heavy atom. The Labute approximate surface area is 171 Å². The first-order valence-electron chi connectivity index (χ1n) is 9.25. The van der Waals surface area contributed by atoms with Gasteiger partial charge >= 0.3 is 0 Å². The lowest BCUT2D eigenvalue weighted by molar-refractivity contribution is 1.78. The van der Waals surface area contributed by atoms with Gasteiger partial charge in [0, 0.05) is 10.0 Å². The third-order valence-corrected chi connectivity index (χ3v) is 6.17. The molecule has 0 spiro atoms. The summed E-state index contributed by atoms with van der Waals surface area (Å²) in [7, 11) is 0. The molecule has 0 aliphatic heterocycles. The highest BCUT2D eigenvalue weighted by Crippen LogP contribution is 2.40. The fourth-order valence-corrected chi connectivity index (χ4v) is 4.83. The average Bonchev–Trinajstić information content (AvgIpc) is 2.72. The van der Waals surface area contributed by atoms with E-state index in [0.717, 1.165) is 20.8 Å². The van der Waals surface area contributed by atoms with Crippen molar-refractivity contribution in [3.63, 3.8) is 0 Å². The normalized spacial score (nSPS) is 11.9. The molecule has 0 radical (unpaired) electrons. The zero-order valence-electron chi connectivity index (χ0n) is 14.8. The summed E-state index contributed by atoms with van der Waals surface area (Å²) in [5, 5.41) is 13.9. The molecule has 2 heteroatoms. The molecule has 0 aromatic heterocycles. The molecule has 0 amide bonds. The molecule has 0 saturated carbocycles. The van der Waals surface area contributed by atoms with Crippen LogP contribution in [0.5, 0.6) is 0 Å². The predicted molar refractivity (Wildman–Crippen MR) is 124 cm³/mol. The molecule has 0 saturated heterocycles. The Kier molecular flexibility index (Phi) is 3.38. The summed E-state index contributed by atoms with van der Waals surface area (Å²) in [6, 6.07) is 29.8. The first-order chi connectivity index (χ1) is 13.7. The number of halogens is 2. The molecule has 0 atom stereocenters. The molecule has 0 bridgehead atoms. The van der Waals surface area contributed by atoms with E-state index in [4.69, 9.17) is 23.2 Å². The molecular formula is C26H14Cl2. The van der Waals surface area contributed by atoms with Crippen molar-refractivity contribution in [3.05, 3.63) is 95.0 Å². The number of fused-ring (bicyclic) bond motifs is 9. The van der Waals surface area contributed by atoms with Crippen LogP contribution in [0.25, 0.3) is 53.9 Å². The van der Waals surface area contributed by atoms with Crippen LogP contribution in [0, 0.1) is 0 Å². The third-order valence-electron chi connectivity index (χ3n) is 5.70. The van der Waals surface area contributed by atoms with E-state index in [1.54, 1.807) is 0 Å². The van der Waals surface area contributed by atoms with E-state index in [2.05, 4.69) is 60.7 Å². The zero-order chi connectivity index (χ0) is 18.8. The molecule has 0 aliphatic rings. The summed E-state index contributed by atoms with van der Waals surface area (Å²) in [4.78, 5) is 0. The summed E-state index contributed by atoms with van der Waals surface area (Å²) in [5.74, 6) is 0. The Morgan fingerprint density at radius 2 is 0.714 bits per heavy atom. The Bertz CT molecular complexity index is 1460. The lowest BCUT2D eigenvalue weighted by Gasteiger charge is -2.13. The van der Waals surface area contributed by atoms with Crippen molar-refractivity contribution in [1.82, 2.24) is 0 Å². The predicted octanol–water partition coefficient (Wildman–Crippen LogP) is 8.76. The van der Waals surface area contributed by atoms with E-state index in [1.165, 1.54) is 43.1 Å². The first kappa shape index (κ1) is 16.2. The van der Waals surface area contributed by atoms with E-state index < -0.39 is 0 Å². The number of benzene rings is 6. The van der Waals surface area contributed by atoms with Crippen LogP contribution in [0.2, 0.25) is 10.0 Å². The van der Waals surface area contributed by atoms with Crippen molar-refractivity contribution >= 4 is 77.1 Å². The van der Waals surface area contributed by atoms with Gasteiger partial charge < -0.3 is 0 Å². The Morgan fingerprint density at radius 1 is 0.357 bits per heavy atom. The SMILES string of the molecule is Clc1ccc2c(ccc3ccc4ccc5ccc6cc(Cl)ccc6c5c4c32)c1. The van der Waals surface area contributed by atoms with Gasteiger partial charge in [0.25, 0.3) is 0 Å². The monoisotopic (exact) mass is 396 g/mol. The van der Waals surface area contributed by atoms with Gasteiger partial charge in [0.05, 0.1) is 0 Å². The van der Waals surface area contributed by atoms with Gasteiger partial charge in [-0.15, -0.1) is 0 Å². The van der Waals surface area contributed by atoms with Gasteiger partial charge in [-0.3, -0.25) is 0 Å². The standard InChI is InChI=1S/C26H14Cl2/c27-20-9-11-22-18(13-20)7-5-15-1-3-17-4-2-16-6-8-19-14-21(28)10-12-23(19)25(16)26(17)24(15)22/h1-14H. The fraction of sp³-hybridized carbons (Fsp3) is 0. The van der Waals surface area contributed by atoms with E-state index >= 15 is 0 Å². The molecule has 6 rings (SSSR count). The maximum absolute atomic E-state index is 6.26. The second-order valence-electron chi connectivity index (χ2n) is 7.29. The summed E-state index contributed by atoms with van der Waals surface area (Å²) in [6.45, 7) is 0. The summed E-state index contributed by atoms with van der Waals surface area (Å²) in [6.07, 6.45) is 0. The third kappa shape index (κ3) is 2.26. The van der Waals surface area contributed by atoms with Gasteiger partial charge in [-0.05, 0) is 78.1 Å². The molecule has 28 heavy (non-hydrogen) atoms. The second-order valence-corrected chi connectivity index (χ2v) is 8.16. The minimum Gasteiger partial charge on any atom is -0.0843 e. The Balaban J connectivity index is 1.97. The maximum atomic E-state index is 6.26. The van der Waals surface area contributed by atoms with Crippen LogP contribution < -0.4 is 0 Å². The van der Waals surface area contributed by atoms with Gasteiger partial charge in [0.1, 0.15) is 0 Å². The molecular weight excluding hydrogens is 383 g/mol. The molecule has 6 aromatic carbocycles. The van der Waals surface area contributed by atoms with E-state index in [-0.39, 0.29) is 0 Å². The molecule has 0 heterocycles. The van der Waals surface area contributed by atoms with Crippen molar-refractivity contribution in [2.75, 3.05) is 0 Å². The lowest BCUT2D eigenvalue weighted by Crippen LogP contribution is -1.85. The molecule has 132 valence electrons. The lowest BCUT2D eigenvalue weighted by atomic mass is 9.91. The van der Waals surface area contributed by atoms with Gasteiger partial charge in [-0.25, -0.2) is 0 Å². The highest BCUT2D eigenvalue weighted by Gasteiger charge is 2.11. The highest BCUT2D eigenvalue weighted by atomic mass is 35.5. The minimum atomic E-state index is 0.761. The average molecular weight is 397 g/mol. The highest BCUT2D eigenvalue weighted by molar-refractivity contribution is 6.35.